The maximum absolute atomic E-state index is 12.8. The molecule has 0 unspecified atom stereocenters. The van der Waals surface area contributed by atoms with Crippen LogP contribution in [0.25, 0.3) is 0 Å². The predicted molar refractivity (Wildman–Crippen MR) is 62.0 cm³/mol. The topological polar surface area (TPSA) is 38.5 Å². The van der Waals surface area contributed by atoms with Crippen molar-refractivity contribution >= 4 is 5.69 Å². The molecule has 4 heteroatoms. The van der Waals surface area contributed by atoms with Gasteiger partial charge in [0.05, 0.1) is 5.69 Å². The second-order valence-electron chi connectivity index (χ2n) is 4.24. The Kier molecular flexibility index (Phi) is 3.29. The summed E-state index contributed by atoms with van der Waals surface area (Å²) in [5, 5.41) is 0. The van der Waals surface area contributed by atoms with Crippen LogP contribution < -0.4 is 10.5 Å². The van der Waals surface area contributed by atoms with Gasteiger partial charge in [0.1, 0.15) is 18.2 Å². The summed E-state index contributed by atoms with van der Waals surface area (Å²) in [6.45, 7) is 1.46. The van der Waals surface area contributed by atoms with E-state index in [2.05, 4.69) is 11.9 Å². The highest BCUT2D eigenvalue weighted by atomic mass is 19.1. The Balaban J connectivity index is 1.80. The summed E-state index contributed by atoms with van der Waals surface area (Å²) in [7, 11) is 2.09. The molecule has 0 aliphatic heterocycles. The van der Waals surface area contributed by atoms with Crippen molar-refractivity contribution in [2.45, 2.75) is 18.9 Å². The maximum Gasteiger partial charge on any atom is 0.142 e. The Hall–Kier alpha value is -1.29. The summed E-state index contributed by atoms with van der Waals surface area (Å²) in [5.41, 5.74) is 5.99. The number of hydrogen-bond acceptors (Lipinski definition) is 3. The van der Waals surface area contributed by atoms with Crippen molar-refractivity contribution in [1.29, 1.82) is 0 Å². The van der Waals surface area contributed by atoms with Gasteiger partial charge in [-0.2, -0.15) is 0 Å². The lowest BCUT2D eigenvalue weighted by molar-refractivity contribution is 0.232. The number of nitrogen functional groups attached to an aromatic ring is 1. The molecule has 0 bridgehead atoms. The molecule has 88 valence electrons. The first-order valence-electron chi connectivity index (χ1n) is 5.55. The zero-order valence-corrected chi connectivity index (χ0v) is 9.45. The molecule has 3 nitrogen and oxygen atoms in total. The Morgan fingerprint density at radius 3 is 2.88 bits per heavy atom. The minimum Gasteiger partial charge on any atom is -0.490 e. The highest BCUT2D eigenvalue weighted by molar-refractivity contribution is 5.52. The summed E-state index contributed by atoms with van der Waals surface area (Å²) in [6.07, 6.45) is 2.57. The molecule has 2 rings (SSSR count). The molecular weight excluding hydrogens is 207 g/mol. The van der Waals surface area contributed by atoms with Gasteiger partial charge < -0.3 is 15.4 Å². The lowest BCUT2D eigenvalue weighted by atomic mass is 10.3. The van der Waals surface area contributed by atoms with Gasteiger partial charge in [0, 0.05) is 18.7 Å². The van der Waals surface area contributed by atoms with Crippen LogP contribution in [0.3, 0.4) is 0 Å². The lowest BCUT2D eigenvalue weighted by Crippen LogP contribution is -2.26. The largest absolute Gasteiger partial charge is 0.490 e. The first-order chi connectivity index (χ1) is 7.66. The van der Waals surface area contributed by atoms with Crippen LogP contribution in [-0.2, 0) is 0 Å². The van der Waals surface area contributed by atoms with Crippen LogP contribution in [0.5, 0.6) is 5.75 Å². The molecular formula is C12H17FN2O. The second kappa shape index (κ2) is 4.70. The third kappa shape index (κ3) is 2.85. The molecule has 0 amide bonds. The van der Waals surface area contributed by atoms with E-state index in [1.807, 2.05) is 0 Å². The van der Waals surface area contributed by atoms with Crippen molar-refractivity contribution < 1.29 is 9.13 Å². The number of likely N-dealkylation sites (N-methyl/N-ethyl adjacent to an activating group) is 1. The van der Waals surface area contributed by atoms with Gasteiger partial charge >= 0.3 is 0 Å². The van der Waals surface area contributed by atoms with E-state index in [1.165, 1.54) is 25.0 Å². The van der Waals surface area contributed by atoms with E-state index < -0.39 is 0 Å². The fourth-order valence-electron chi connectivity index (χ4n) is 1.65. The Labute approximate surface area is 95.0 Å². The van der Waals surface area contributed by atoms with Crippen molar-refractivity contribution in [2.24, 2.45) is 0 Å². The minimum absolute atomic E-state index is 0.333. The van der Waals surface area contributed by atoms with E-state index in [0.29, 0.717) is 18.0 Å². The summed E-state index contributed by atoms with van der Waals surface area (Å²) in [6, 6.07) is 4.94. The quantitative estimate of drug-likeness (QED) is 0.776. The SMILES string of the molecule is CN(CCOc1ccc(F)cc1N)C1CC1. The molecule has 0 atom stereocenters. The van der Waals surface area contributed by atoms with Crippen molar-refractivity contribution in [2.75, 3.05) is 25.9 Å². The summed E-state index contributed by atoms with van der Waals surface area (Å²) in [5.74, 6) is 0.227. The highest BCUT2D eigenvalue weighted by Gasteiger charge is 2.25. The van der Waals surface area contributed by atoms with Crippen LogP contribution in [0.1, 0.15) is 12.8 Å². The smallest absolute Gasteiger partial charge is 0.142 e. The van der Waals surface area contributed by atoms with E-state index in [0.717, 1.165) is 12.6 Å². The molecule has 0 saturated heterocycles. The number of ether oxygens (including phenoxy) is 1. The van der Waals surface area contributed by atoms with Crippen LogP contribution in [0.4, 0.5) is 10.1 Å². The van der Waals surface area contributed by atoms with Gasteiger partial charge in [-0.3, -0.25) is 0 Å². The molecule has 0 spiro atoms. The van der Waals surface area contributed by atoms with E-state index >= 15 is 0 Å². The molecule has 16 heavy (non-hydrogen) atoms. The van der Waals surface area contributed by atoms with Gasteiger partial charge in [0.25, 0.3) is 0 Å². The van der Waals surface area contributed by atoms with Gasteiger partial charge in [-0.15, -0.1) is 0 Å². The summed E-state index contributed by atoms with van der Waals surface area (Å²) in [4.78, 5) is 2.28. The average molecular weight is 224 g/mol. The Morgan fingerprint density at radius 1 is 1.50 bits per heavy atom. The molecule has 0 radical (unpaired) electrons. The van der Waals surface area contributed by atoms with Crippen molar-refractivity contribution in [3.05, 3.63) is 24.0 Å². The molecule has 1 aliphatic rings. The van der Waals surface area contributed by atoms with Crippen LogP contribution >= 0.6 is 0 Å². The van der Waals surface area contributed by atoms with Gasteiger partial charge in [-0.1, -0.05) is 0 Å². The van der Waals surface area contributed by atoms with E-state index in [4.69, 9.17) is 10.5 Å². The first-order valence-corrected chi connectivity index (χ1v) is 5.55. The number of anilines is 1. The number of benzene rings is 1. The third-order valence-electron chi connectivity index (χ3n) is 2.84. The van der Waals surface area contributed by atoms with Gasteiger partial charge in [-0.25, -0.2) is 4.39 Å². The number of rotatable bonds is 5. The first kappa shape index (κ1) is 11.2. The molecule has 2 N–H and O–H groups in total. The van der Waals surface area contributed by atoms with Crippen LogP contribution in [-0.4, -0.2) is 31.1 Å². The minimum atomic E-state index is -0.333. The average Bonchev–Trinajstić information content (AvgIpc) is 3.04. The zero-order valence-electron chi connectivity index (χ0n) is 9.45. The van der Waals surface area contributed by atoms with Crippen LogP contribution in [0.15, 0.2) is 18.2 Å². The zero-order chi connectivity index (χ0) is 11.5. The van der Waals surface area contributed by atoms with Crippen molar-refractivity contribution in [3.8, 4) is 5.75 Å². The Bertz CT molecular complexity index is 366. The molecule has 1 aromatic carbocycles. The van der Waals surface area contributed by atoms with Crippen LogP contribution in [0, 0.1) is 5.82 Å². The molecule has 1 aromatic rings. The van der Waals surface area contributed by atoms with E-state index in [9.17, 15) is 4.39 Å². The standard InChI is InChI=1S/C12H17FN2O/c1-15(10-3-4-10)6-7-16-12-5-2-9(13)8-11(12)14/h2,5,8,10H,3-4,6-7,14H2,1H3. The second-order valence-corrected chi connectivity index (χ2v) is 4.24. The predicted octanol–water partition coefficient (Wildman–Crippen LogP) is 1.88. The summed E-state index contributed by atoms with van der Waals surface area (Å²) < 4.78 is 18.3. The van der Waals surface area contributed by atoms with Crippen LogP contribution in [0.2, 0.25) is 0 Å². The monoisotopic (exact) mass is 224 g/mol. The van der Waals surface area contributed by atoms with Gasteiger partial charge in [-0.05, 0) is 32.0 Å². The third-order valence-corrected chi connectivity index (χ3v) is 2.84. The van der Waals surface area contributed by atoms with Gasteiger partial charge in [0.2, 0.25) is 0 Å². The fraction of sp³-hybridized carbons (Fsp3) is 0.500. The molecule has 0 aromatic heterocycles. The molecule has 0 heterocycles. The van der Waals surface area contributed by atoms with E-state index in [1.54, 1.807) is 6.07 Å². The van der Waals surface area contributed by atoms with Crippen molar-refractivity contribution in [1.82, 2.24) is 4.90 Å². The Morgan fingerprint density at radius 2 is 2.25 bits per heavy atom. The fourth-order valence-corrected chi connectivity index (χ4v) is 1.65. The maximum atomic E-state index is 12.8. The number of hydrogen-bond donors (Lipinski definition) is 1. The normalized spacial score (nSPS) is 15.4. The van der Waals surface area contributed by atoms with E-state index in [-0.39, 0.29) is 5.82 Å². The van der Waals surface area contributed by atoms with Gasteiger partial charge in [0.15, 0.2) is 0 Å². The molecule has 1 aliphatic carbocycles. The number of nitrogens with zero attached hydrogens (tertiary/aromatic N) is 1. The highest BCUT2D eigenvalue weighted by Crippen LogP contribution is 2.25. The number of halogens is 1. The molecule has 1 saturated carbocycles. The van der Waals surface area contributed by atoms with Crippen molar-refractivity contribution in [3.63, 3.8) is 0 Å². The molecule has 1 fully saturated rings. The lowest BCUT2D eigenvalue weighted by Gasteiger charge is -2.16. The number of nitrogens with two attached hydrogens (primary N) is 1. The summed E-state index contributed by atoms with van der Waals surface area (Å²) >= 11 is 0.